The first-order valence-corrected chi connectivity index (χ1v) is 10.2. The van der Waals surface area contributed by atoms with Gasteiger partial charge in [0.25, 0.3) is 0 Å². The van der Waals surface area contributed by atoms with E-state index in [-0.39, 0.29) is 23.7 Å². The zero-order valence-corrected chi connectivity index (χ0v) is 16.1. The van der Waals surface area contributed by atoms with Gasteiger partial charge in [-0.3, -0.25) is 4.84 Å². The van der Waals surface area contributed by atoms with Gasteiger partial charge in [-0.2, -0.15) is 13.4 Å². The van der Waals surface area contributed by atoms with E-state index in [9.17, 15) is 12.8 Å². The average Bonchev–Trinajstić information content (AvgIpc) is 3.06. The maximum atomic E-state index is 13.2. The van der Waals surface area contributed by atoms with Gasteiger partial charge in [0, 0.05) is 25.9 Å². The fourth-order valence-corrected chi connectivity index (χ4v) is 3.89. The van der Waals surface area contributed by atoms with Crippen molar-refractivity contribution in [2.75, 3.05) is 20.7 Å². The van der Waals surface area contributed by atoms with Crippen LogP contribution in [0.3, 0.4) is 0 Å². The van der Waals surface area contributed by atoms with Gasteiger partial charge in [0.2, 0.25) is 0 Å². The Morgan fingerprint density at radius 3 is 2.85 bits per heavy atom. The topological polar surface area (TPSA) is 97.0 Å². The van der Waals surface area contributed by atoms with E-state index in [1.807, 2.05) is 6.21 Å². The zero-order chi connectivity index (χ0) is 19.4. The summed E-state index contributed by atoms with van der Waals surface area (Å²) in [4.78, 5) is 13.2. The number of nitrogens with one attached hydrogen (secondary N) is 1. The van der Waals surface area contributed by atoms with Gasteiger partial charge in [-0.15, -0.1) is 0 Å². The molecule has 8 nitrogen and oxygen atoms in total. The summed E-state index contributed by atoms with van der Waals surface area (Å²) in [5.41, 5.74) is 0.944. The number of fused-ring (bicyclic) bond motifs is 1. The molecule has 2 aromatic rings. The summed E-state index contributed by atoms with van der Waals surface area (Å²) in [7, 11) is -0.952. The zero-order valence-electron chi connectivity index (χ0n) is 15.3. The number of nitrogens with zero attached hydrogens (tertiary/aromatic N) is 3. The normalized spacial score (nSPS) is 21.5. The molecule has 1 aromatic carbocycles. The van der Waals surface area contributed by atoms with Crippen LogP contribution in [0.15, 0.2) is 27.6 Å². The van der Waals surface area contributed by atoms with Crippen LogP contribution in [0.4, 0.5) is 10.4 Å². The van der Waals surface area contributed by atoms with Crippen LogP contribution in [0.1, 0.15) is 25.7 Å². The van der Waals surface area contributed by atoms with Crippen molar-refractivity contribution in [3.63, 3.8) is 0 Å². The maximum Gasteiger partial charge on any atom is 0.322 e. The van der Waals surface area contributed by atoms with Crippen molar-refractivity contribution in [1.29, 1.82) is 0 Å². The Labute approximate surface area is 157 Å². The Balaban J connectivity index is 1.49. The van der Waals surface area contributed by atoms with E-state index in [1.165, 1.54) is 26.3 Å². The second-order valence-electron chi connectivity index (χ2n) is 6.61. The number of oxazole rings is 1. The summed E-state index contributed by atoms with van der Waals surface area (Å²) in [6, 6.07) is 4.39. The molecule has 0 radical (unpaired) electrons. The lowest BCUT2D eigenvalue weighted by Gasteiger charge is -2.26. The van der Waals surface area contributed by atoms with E-state index in [2.05, 4.69) is 14.7 Å². The molecule has 1 saturated carbocycles. The second-order valence-corrected chi connectivity index (χ2v) is 8.37. The van der Waals surface area contributed by atoms with Crippen LogP contribution in [0.5, 0.6) is 0 Å². The first kappa shape index (κ1) is 19.9. The van der Waals surface area contributed by atoms with Gasteiger partial charge in [0.1, 0.15) is 11.3 Å². The predicted molar refractivity (Wildman–Crippen MR) is 99.3 cm³/mol. The summed E-state index contributed by atoms with van der Waals surface area (Å²) in [5, 5.41) is 0. The van der Waals surface area contributed by atoms with Crippen LogP contribution in [-0.4, -0.2) is 44.8 Å². The lowest BCUT2D eigenvalue weighted by molar-refractivity contribution is -0.0272. The standard InChI is InChI=1S/C17H23FN4O4S/c1-22(25-2)27(23,24)20-11-13-5-3-12(4-6-13)10-19-17-21-15-8-7-14(18)9-16(15)26-17/h7-10,12-13,20H,3-6,11H2,1-2H3. The Morgan fingerprint density at radius 1 is 1.41 bits per heavy atom. The molecule has 0 spiro atoms. The monoisotopic (exact) mass is 398 g/mol. The molecule has 1 aliphatic rings. The smallest absolute Gasteiger partial charge is 0.322 e. The molecule has 1 aliphatic carbocycles. The van der Waals surface area contributed by atoms with Gasteiger partial charge in [-0.05, 0) is 49.7 Å². The quantitative estimate of drug-likeness (QED) is 0.571. The highest BCUT2D eigenvalue weighted by molar-refractivity contribution is 7.86. The largest absolute Gasteiger partial charge is 0.422 e. The van der Waals surface area contributed by atoms with E-state index in [0.29, 0.717) is 17.6 Å². The van der Waals surface area contributed by atoms with Crippen molar-refractivity contribution in [3.05, 3.63) is 24.0 Å². The van der Waals surface area contributed by atoms with Gasteiger partial charge < -0.3 is 4.42 Å². The lowest BCUT2D eigenvalue weighted by atomic mass is 9.83. The number of aromatic nitrogens is 1. The first-order valence-electron chi connectivity index (χ1n) is 8.75. The molecule has 148 valence electrons. The highest BCUT2D eigenvalue weighted by Gasteiger charge is 2.23. The van der Waals surface area contributed by atoms with Gasteiger partial charge in [0.15, 0.2) is 5.58 Å². The summed E-state index contributed by atoms with van der Waals surface area (Å²) < 4.78 is 45.7. The minimum absolute atomic E-state index is 0.216. The minimum Gasteiger partial charge on any atom is -0.422 e. The van der Waals surface area contributed by atoms with Crippen molar-refractivity contribution in [3.8, 4) is 0 Å². The highest BCUT2D eigenvalue weighted by atomic mass is 32.2. The molecule has 1 aromatic heterocycles. The molecule has 1 fully saturated rings. The summed E-state index contributed by atoms with van der Waals surface area (Å²) in [6.07, 6.45) is 5.43. The van der Waals surface area contributed by atoms with Crippen molar-refractivity contribution in [1.82, 2.24) is 14.2 Å². The summed E-state index contributed by atoms with van der Waals surface area (Å²) >= 11 is 0. The maximum absolute atomic E-state index is 13.2. The number of halogens is 1. The molecule has 0 unspecified atom stereocenters. The van der Waals surface area contributed by atoms with E-state index in [0.717, 1.165) is 30.2 Å². The number of rotatable bonds is 7. The molecule has 10 heteroatoms. The fourth-order valence-electron chi connectivity index (χ4n) is 3.06. The van der Waals surface area contributed by atoms with Crippen LogP contribution in [0.2, 0.25) is 0 Å². The third-order valence-electron chi connectivity index (χ3n) is 4.78. The summed E-state index contributed by atoms with van der Waals surface area (Å²) in [6.45, 7) is 0.386. The predicted octanol–water partition coefficient (Wildman–Crippen LogP) is 2.80. The van der Waals surface area contributed by atoms with E-state index in [1.54, 1.807) is 6.07 Å². The lowest BCUT2D eigenvalue weighted by Crippen LogP contribution is -2.40. The van der Waals surface area contributed by atoms with Crippen LogP contribution in [0, 0.1) is 17.7 Å². The molecule has 0 atom stereocenters. The molecular formula is C17H23FN4O4S. The van der Waals surface area contributed by atoms with Crippen LogP contribution >= 0.6 is 0 Å². The Bertz CT molecular complexity index is 907. The Morgan fingerprint density at radius 2 is 2.15 bits per heavy atom. The van der Waals surface area contributed by atoms with Crippen molar-refractivity contribution < 1.29 is 22.1 Å². The van der Waals surface area contributed by atoms with E-state index in [4.69, 9.17) is 9.25 Å². The number of hydroxylamine groups is 1. The number of hydrogen-bond acceptors (Lipinski definition) is 6. The highest BCUT2D eigenvalue weighted by Crippen LogP contribution is 2.28. The van der Waals surface area contributed by atoms with Crippen molar-refractivity contribution in [2.45, 2.75) is 25.7 Å². The molecule has 1 N–H and O–H groups in total. The molecule has 0 amide bonds. The van der Waals surface area contributed by atoms with Gasteiger partial charge in [-0.1, -0.05) is 4.47 Å². The Hall–Kier alpha value is -1.88. The second kappa shape index (κ2) is 8.42. The molecule has 0 saturated heterocycles. The van der Waals surface area contributed by atoms with Crippen LogP contribution in [0.25, 0.3) is 11.1 Å². The number of hydrogen-bond donors (Lipinski definition) is 1. The van der Waals surface area contributed by atoms with Crippen LogP contribution in [-0.2, 0) is 15.0 Å². The van der Waals surface area contributed by atoms with E-state index < -0.39 is 10.2 Å². The number of benzene rings is 1. The molecule has 0 aliphatic heterocycles. The molecule has 1 heterocycles. The summed E-state index contributed by atoms with van der Waals surface area (Å²) in [5.74, 6) is 0.188. The number of aliphatic imine (C=N–C) groups is 1. The average molecular weight is 398 g/mol. The van der Waals surface area contributed by atoms with Gasteiger partial charge >= 0.3 is 16.2 Å². The van der Waals surface area contributed by atoms with Crippen LogP contribution < -0.4 is 4.72 Å². The molecule has 3 rings (SSSR count). The third kappa shape index (κ3) is 5.10. The molecule has 27 heavy (non-hydrogen) atoms. The minimum atomic E-state index is -3.60. The van der Waals surface area contributed by atoms with Gasteiger partial charge in [-0.25, -0.2) is 14.1 Å². The Kier molecular flexibility index (Phi) is 6.20. The molecule has 0 bridgehead atoms. The molecular weight excluding hydrogens is 375 g/mol. The van der Waals surface area contributed by atoms with Crippen molar-refractivity contribution in [2.24, 2.45) is 16.8 Å². The van der Waals surface area contributed by atoms with Crippen molar-refractivity contribution >= 4 is 33.5 Å². The third-order valence-corrected chi connectivity index (χ3v) is 6.13. The first-order chi connectivity index (χ1) is 12.9. The van der Waals surface area contributed by atoms with Gasteiger partial charge in [0.05, 0.1) is 7.11 Å². The fraction of sp³-hybridized carbons (Fsp3) is 0.529. The van der Waals surface area contributed by atoms with E-state index >= 15 is 0 Å². The SMILES string of the molecule is CON(C)S(=O)(=O)NCC1CCC(C=Nc2nc3ccc(F)cc3o2)CC1.